The van der Waals surface area contributed by atoms with Gasteiger partial charge in [0.05, 0.1) is 0 Å². The average molecular weight is 259 g/mol. The fourth-order valence-electron chi connectivity index (χ4n) is 1.39. The molecule has 18 heavy (non-hydrogen) atoms. The van der Waals surface area contributed by atoms with Crippen LogP contribution in [0.15, 0.2) is 57.5 Å². The van der Waals surface area contributed by atoms with Crippen LogP contribution in [0, 0.1) is 6.92 Å². The van der Waals surface area contributed by atoms with Gasteiger partial charge in [-0.3, -0.25) is 0 Å². The number of hydrogen-bond donors (Lipinski definition) is 2. The Kier molecular flexibility index (Phi) is 3.84. The molecule has 0 unspecified atom stereocenters. The highest BCUT2D eigenvalue weighted by Crippen LogP contribution is 2.26. The zero-order valence-corrected chi connectivity index (χ0v) is 10.7. The van der Waals surface area contributed by atoms with Crippen molar-refractivity contribution in [2.24, 2.45) is 10.9 Å². The summed E-state index contributed by atoms with van der Waals surface area (Å²) in [7, 11) is 0. The predicted octanol–water partition coefficient (Wildman–Crippen LogP) is 2.64. The number of amidine groups is 1. The fourth-order valence-corrected chi connectivity index (χ4v) is 2.20. The first-order chi connectivity index (χ1) is 8.69. The molecule has 1 aromatic heterocycles. The standard InChI is InChI=1S/C13H13N3OS/c1-9-5-7-10(8-6-9)18-12-4-2-3-11(15-12)13(14)16-17/h2-8,17H,1H3,(H2,14,16). The Morgan fingerprint density at radius 3 is 2.61 bits per heavy atom. The van der Waals surface area contributed by atoms with E-state index in [-0.39, 0.29) is 5.84 Å². The molecule has 2 rings (SSSR count). The minimum atomic E-state index is 0.0151. The van der Waals surface area contributed by atoms with Gasteiger partial charge < -0.3 is 10.9 Å². The summed E-state index contributed by atoms with van der Waals surface area (Å²) in [6.45, 7) is 2.05. The topological polar surface area (TPSA) is 71.5 Å². The van der Waals surface area contributed by atoms with E-state index in [0.29, 0.717) is 5.69 Å². The number of aryl methyl sites for hydroxylation is 1. The second-order valence-corrected chi connectivity index (χ2v) is 4.86. The van der Waals surface area contributed by atoms with E-state index in [9.17, 15) is 0 Å². The highest BCUT2D eigenvalue weighted by molar-refractivity contribution is 7.99. The van der Waals surface area contributed by atoms with Crippen LogP contribution < -0.4 is 5.73 Å². The first kappa shape index (κ1) is 12.4. The lowest BCUT2D eigenvalue weighted by Crippen LogP contribution is -2.14. The van der Waals surface area contributed by atoms with E-state index in [1.807, 2.05) is 31.2 Å². The van der Waals surface area contributed by atoms with Crippen molar-refractivity contribution >= 4 is 17.6 Å². The molecule has 1 heterocycles. The third kappa shape index (κ3) is 3.01. The highest BCUT2D eigenvalue weighted by Gasteiger charge is 2.03. The van der Waals surface area contributed by atoms with Crippen molar-refractivity contribution < 1.29 is 5.21 Å². The maximum absolute atomic E-state index is 8.62. The Morgan fingerprint density at radius 1 is 1.22 bits per heavy atom. The molecule has 0 saturated carbocycles. The third-order valence-corrected chi connectivity index (χ3v) is 3.28. The average Bonchev–Trinajstić information content (AvgIpc) is 2.41. The summed E-state index contributed by atoms with van der Waals surface area (Å²) < 4.78 is 0. The second-order valence-electron chi connectivity index (χ2n) is 3.76. The van der Waals surface area contributed by atoms with Crippen molar-refractivity contribution in [3.8, 4) is 0 Å². The van der Waals surface area contributed by atoms with E-state index in [1.165, 1.54) is 17.3 Å². The SMILES string of the molecule is Cc1ccc(Sc2cccc(C(N)=NO)n2)cc1. The third-order valence-electron chi connectivity index (χ3n) is 2.34. The molecule has 0 fully saturated rings. The molecule has 2 aromatic rings. The minimum absolute atomic E-state index is 0.0151. The number of benzene rings is 1. The van der Waals surface area contributed by atoms with Crippen LogP contribution in [0.4, 0.5) is 0 Å². The molecule has 0 radical (unpaired) electrons. The van der Waals surface area contributed by atoms with Gasteiger partial charge in [0.1, 0.15) is 10.7 Å². The lowest BCUT2D eigenvalue weighted by Gasteiger charge is -2.03. The maximum atomic E-state index is 8.62. The van der Waals surface area contributed by atoms with Gasteiger partial charge in [-0.25, -0.2) is 4.98 Å². The summed E-state index contributed by atoms with van der Waals surface area (Å²) >= 11 is 1.54. The molecule has 0 aliphatic carbocycles. The van der Waals surface area contributed by atoms with Crippen LogP contribution in [0.3, 0.4) is 0 Å². The molecule has 0 aliphatic heterocycles. The van der Waals surface area contributed by atoms with E-state index < -0.39 is 0 Å². The Labute approximate surface area is 110 Å². The van der Waals surface area contributed by atoms with Gasteiger partial charge in [-0.15, -0.1) is 0 Å². The molecule has 92 valence electrons. The van der Waals surface area contributed by atoms with Crippen molar-refractivity contribution in [2.45, 2.75) is 16.8 Å². The van der Waals surface area contributed by atoms with Crippen molar-refractivity contribution in [1.82, 2.24) is 4.98 Å². The van der Waals surface area contributed by atoms with E-state index in [0.717, 1.165) is 9.92 Å². The van der Waals surface area contributed by atoms with E-state index in [2.05, 4.69) is 22.3 Å². The Bertz CT molecular complexity index is 567. The maximum Gasteiger partial charge on any atom is 0.188 e. The van der Waals surface area contributed by atoms with Crippen LogP contribution in [0.1, 0.15) is 11.3 Å². The highest BCUT2D eigenvalue weighted by atomic mass is 32.2. The van der Waals surface area contributed by atoms with Gasteiger partial charge in [-0.05, 0) is 31.2 Å². The number of nitrogens with two attached hydrogens (primary N) is 1. The van der Waals surface area contributed by atoms with Gasteiger partial charge in [0, 0.05) is 4.90 Å². The van der Waals surface area contributed by atoms with Gasteiger partial charge in [0.15, 0.2) is 5.84 Å². The number of aromatic nitrogens is 1. The van der Waals surface area contributed by atoms with Gasteiger partial charge in [0.2, 0.25) is 0 Å². The number of pyridine rings is 1. The summed E-state index contributed by atoms with van der Waals surface area (Å²) in [6.07, 6.45) is 0. The van der Waals surface area contributed by atoms with Crippen LogP contribution in [0.25, 0.3) is 0 Å². The normalized spacial score (nSPS) is 11.5. The van der Waals surface area contributed by atoms with Crippen molar-refractivity contribution in [3.05, 3.63) is 53.7 Å². The first-order valence-electron chi connectivity index (χ1n) is 5.38. The smallest absolute Gasteiger partial charge is 0.188 e. The molecule has 5 heteroatoms. The number of hydrogen-bond acceptors (Lipinski definition) is 4. The van der Waals surface area contributed by atoms with Crippen molar-refractivity contribution in [1.29, 1.82) is 0 Å². The van der Waals surface area contributed by atoms with Crippen molar-refractivity contribution in [3.63, 3.8) is 0 Å². The largest absolute Gasteiger partial charge is 0.409 e. The molecular formula is C13H13N3OS. The molecule has 4 nitrogen and oxygen atoms in total. The quantitative estimate of drug-likeness (QED) is 0.385. The molecule has 0 atom stereocenters. The van der Waals surface area contributed by atoms with Crippen LogP contribution in [-0.4, -0.2) is 16.0 Å². The molecule has 1 aromatic carbocycles. The number of oxime groups is 1. The minimum Gasteiger partial charge on any atom is -0.409 e. The van der Waals surface area contributed by atoms with Gasteiger partial charge >= 0.3 is 0 Å². The fraction of sp³-hybridized carbons (Fsp3) is 0.0769. The number of nitrogens with zero attached hydrogens (tertiary/aromatic N) is 2. The first-order valence-corrected chi connectivity index (χ1v) is 6.20. The van der Waals surface area contributed by atoms with Gasteiger partial charge in [-0.2, -0.15) is 0 Å². The van der Waals surface area contributed by atoms with E-state index in [1.54, 1.807) is 6.07 Å². The van der Waals surface area contributed by atoms with Crippen LogP contribution in [0.2, 0.25) is 0 Å². The molecule has 0 saturated heterocycles. The Morgan fingerprint density at radius 2 is 1.94 bits per heavy atom. The zero-order valence-electron chi connectivity index (χ0n) is 9.87. The van der Waals surface area contributed by atoms with Crippen LogP contribution in [0.5, 0.6) is 0 Å². The van der Waals surface area contributed by atoms with Gasteiger partial charge in [0.25, 0.3) is 0 Å². The lowest BCUT2D eigenvalue weighted by atomic mass is 10.2. The van der Waals surface area contributed by atoms with Crippen LogP contribution >= 0.6 is 11.8 Å². The Hall–Kier alpha value is -2.01. The summed E-state index contributed by atoms with van der Waals surface area (Å²) in [5, 5.41) is 12.4. The summed E-state index contributed by atoms with van der Waals surface area (Å²) in [5.74, 6) is 0.0151. The summed E-state index contributed by atoms with van der Waals surface area (Å²) in [4.78, 5) is 5.41. The zero-order chi connectivity index (χ0) is 13.0. The van der Waals surface area contributed by atoms with E-state index in [4.69, 9.17) is 10.9 Å². The molecule has 0 amide bonds. The molecular weight excluding hydrogens is 246 g/mol. The van der Waals surface area contributed by atoms with Gasteiger partial charge in [-0.1, -0.05) is 40.7 Å². The van der Waals surface area contributed by atoms with Crippen LogP contribution in [-0.2, 0) is 0 Å². The molecule has 3 N–H and O–H groups in total. The summed E-state index contributed by atoms with van der Waals surface area (Å²) in [5.41, 5.74) is 7.19. The predicted molar refractivity (Wildman–Crippen MR) is 72.0 cm³/mol. The lowest BCUT2D eigenvalue weighted by molar-refractivity contribution is 0.318. The van der Waals surface area contributed by atoms with Crippen molar-refractivity contribution in [2.75, 3.05) is 0 Å². The monoisotopic (exact) mass is 259 g/mol. The summed E-state index contributed by atoms with van der Waals surface area (Å²) in [6, 6.07) is 13.6. The van der Waals surface area contributed by atoms with E-state index >= 15 is 0 Å². The molecule has 0 bridgehead atoms. The Balaban J connectivity index is 2.22. The number of rotatable bonds is 3. The molecule has 0 spiro atoms. The second kappa shape index (κ2) is 5.55. The molecule has 0 aliphatic rings.